The molecule has 2 rings (SSSR count). The summed E-state index contributed by atoms with van der Waals surface area (Å²) in [5, 5.41) is 5.66. The molecule has 86 valence electrons. The highest BCUT2D eigenvalue weighted by Crippen LogP contribution is 2.32. The average molecular weight is 216 g/mol. The molecular formula is C14H20N2. The normalized spacial score (nSPS) is 13.6. The van der Waals surface area contributed by atoms with Crippen molar-refractivity contribution in [3.63, 3.8) is 0 Å². The Bertz CT molecular complexity index is 482. The number of fused-ring (bicyclic) bond motifs is 1. The second-order valence-electron chi connectivity index (χ2n) is 4.81. The van der Waals surface area contributed by atoms with Crippen LogP contribution in [0, 0.1) is 5.92 Å². The van der Waals surface area contributed by atoms with Crippen LogP contribution in [0.1, 0.15) is 38.7 Å². The maximum atomic E-state index is 4.35. The van der Waals surface area contributed by atoms with Gasteiger partial charge in [0.1, 0.15) is 0 Å². The fourth-order valence-electron chi connectivity index (χ4n) is 2.57. The monoisotopic (exact) mass is 216 g/mol. The van der Waals surface area contributed by atoms with E-state index in [1.165, 1.54) is 22.9 Å². The van der Waals surface area contributed by atoms with Crippen molar-refractivity contribution in [3.05, 3.63) is 30.0 Å². The average Bonchev–Trinajstić information content (AvgIpc) is 2.62. The summed E-state index contributed by atoms with van der Waals surface area (Å²) >= 11 is 0. The molecule has 0 N–H and O–H groups in total. The van der Waals surface area contributed by atoms with Crippen molar-refractivity contribution in [2.45, 2.75) is 33.1 Å². The molecule has 1 aromatic heterocycles. The number of hydrogen-bond donors (Lipinski definition) is 0. The first-order valence-electron chi connectivity index (χ1n) is 6.05. The van der Waals surface area contributed by atoms with Gasteiger partial charge in [0.25, 0.3) is 0 Å². The molecule has 1 aromatic carbocycles. The van der Waals surface area contributed by atoms with Crippen LogP contribution < -0.4 is 0 Å². The van der Waals surface area contributed by atoms with Crippen LogP contribution in [0.15, 0.2) is 24.4 Å². The van der Waals surface area contributed by atoms with Crippen molar-refractivity contribution in [2.75, 3.05) is 0 Å². The third kappa shape index (κ3) is 1.73. The van der Waals surface area contributed by atoms with Crippen LogP contribution in [-0.4, -0.2) is 9.78 Å². The van der Waals surface area contributed by atoms with E-state index in [1.807, 2.05) is 17.9 Å². The number of aromatic nitrogens is 2. The minimum absolute atomic E-state index is 0.632. The lowest BCUT2D eigenvalue weighted by Crippen LogP contribution is -2.05. The Kier molecular flexibility index (Phi) is 2.99. The van der Waals surface area contributed by atoms with Crippen LogP contribution in [0.25, 0.3) is 10.9 Å². The Labute approximate surface area is 97.3 Å². The standard InChI is InChI=1S/C14H20N2/c1-5-11(10(2)3)12-7-6-8-14-13(12)9-15-16(14)4/h6-11H,5H2,1-4H3. The van der Waals surface area contributed by atoms with Crippen LogP contribution in [0.5, 0.6) is 0 Å². The summed E-state index contributed by atoms with van der Waals surface area (Å²) in [4.78, 5) is 0. The van der Waals surface area contributed by atoms with Gasteiger partial charge in [-0.25, -0.2) is 0 Å². The Hall–Kier alpha value is -1.31. The molecule has 0 spiro atoms. The lowest BCUT2D eigenvalue weighted by Gasteiger charge is -2.20. The molecule has 2 aromatic rings. The van der Waals surface area contributed by atoms with Gasteiger partial charge in [-0.1, -0.05) is 32.9 Å². The first kappa shape index (κ1) is 11.2. The zero-order valence-corrected chi connectivity index (χ0v) is 10.6. The van der Waals surface area contributed by atoms with Gasteiger partial charge in [0.2, 0.25) is 0 Å². The van der Waals surface area contributed by atoms with Gasteiger partial charge in [0.05, 0.1) is 11.7 Å². The molecule has 1 atom stereocenters. The number of rotatable bonds is 3. The first-order valence-corrected chi connectivity index (χ1v) is 6.05. The summed E-state index contributed by atoms with van der Waals surface area (Å²) < 4.78 is 1.95. The highest BCUT2D eigenvalue weighted by atomic mass is 15.2. The Morgan fingerprint density at radius 3 is 2.69 bits per heavy atom. The van der Waals surface area contributed by atoms with Gasteiger partial charge in [-0.2, -0.15) is 5.10 Å². The minimum Gasteiger partial charge on any atom is -0.268 e. The summed E-state index contributed by atoms with van der Waals surface area (Å²) in [6.45, 7) is 6.85. The van der Waals surface area contributed by atoms with E-state index in [2.05, 4.69) is 44.1 Å². The van der Waals surface area contributed by atoms with Crippen molar-refractivity contribution < 1.29 is 0 Å². The molecule has 0 saturated carbocycles. The zero-order valence-electron chi connectivity index (χ0n) is 10.6. The van der Waals surface area contributed by atoms with Gasteiger partial charge in [0, 0.05) is 12.4 Å². The molecule has 2 nitrogen and oxygen atoms in total. The lowest BCUT2D eigenvalue weighted by molar-refractivity contribution is 0.488. The maximum Gasteiger partial charge on any atom is 0.0681 e. The van der Waals surface area contributed by atoms with Gasteiger partial charge < -0.3 is 0 Å². The lowest BCUT2D eigenvalue weighted by atomic mass is 9.85. The molecule has 0 radical (unpaired) electrons. The Morgan fingerprint density at radius 1 is 1.31 bits per heavy atom. The zero-order chi connectivity index (χ0) is 11.7. The van der Waals surface area contributed by atoms with E-state index in [1.54, 1.807) is 0 Å². The highest BCUT2D eigenvalue weighted by Gasteiger charge is 2.17. The van der Waals surface area contributed by atoms with E-state index >= 15 is 0 Å². The van der Waals surface area contributed by atoms with E-state index < -0.39 is 0 Å². The van der Waals surface area contributed by atoms with Gasteiger partial charge in [-0.3, -0.25) is 4.68 Å². The second kappa shape index (κ2) is 4.28. The van der Waals surface area contributed by atoms with Crippen LogP contribution >= 0.6 is 0 Å². The molecule has 0 amide bonds. The molecule has 0 aliphatic carbocycles. The summed E-state index contributed by atoms with van der Waals surface area (Å²) in [7, 11) is 2.00. The van der Waals surface area contributed by atoms with Crippen LogP contribution in [0.3, 0.4) is 0 Å². The predicted octanol–water partition coefficient (Wildman–Crippen LogP) is 3.72. The fourth-order valence-corrected chi connectivity index (χ4v) is 2.57. The topological polar surface area (TPSA) is 17.8 Å². The van der Waals surface area contributed by atoms with Crippen LogP contribution in [0.4, 0.5) is 0 Å². The maximum absolute atomic E-state index is 4.35. The second-order valence-corrected chi connectivity index (χ2v) is 4.81. The molecule has 0 aliphatic rings. The predicted molar refractivity (Wildman–Crippen MR) is 68.6 cm³/mol. The van der Waals surface area contributed by atoms with E-state index in [9.17, 15) is 0 Å². The number of nitrogens with zero attached hydrogens (tertiary/aromatic N) is 2. The summed E-state index contributed by atoms with van der Waals surface area (Å²) in [5.41, 5.74) is 2.68. The van der Waals surface area contributed by atoms with Crippen molar-refractivity contribution >= 4 is 10.9 Å². The summed E-state index contributed by atoms with van der Waals surface area (Å²) in [5.74, 6) is 1.31. The van der Waals surface area contributed by atoms with Crippen LogP contribution in [0.2, 0.25) is 0 Å². The quantitative estimate of drug-likeness (QED) is 0.764. The van der Waals surface area contributed by atoms with E-state index in [4.69, 9.17) is 0 Å². The van der Waals surface area contributed by atoms with Gasteiger partial charge in [-0.05, 0) is 29.9 Å². The van der Waals surface area contributed by atoms with Crippen molar-refractivity contribution in [3.8, 4) is 0 Å². The first-order chi connectivity index (χ1) is 7.65. The van der Waals surface area contributed by atoms with Gasteiger partial charge >= 0.3 is 0 Å². The summed E-state index contributed by atoms with van der Waals surface area (Å²) in [6, 6.07) is 6.53. The van der Waals surface area contributed by atoms with E-state index in [0.29, 0.717) is 11.8 Å². The van der Waals surface area contributed by atoms with Crippen molar-refractivity contribution in [1.29, 1.82) is 0 Å². The third-order valence-corrected chi connectivity index (χ3v) is 3.47. The van der Waals surface area contributed by atoms with Gasteiger partial charge in [0.15, 0.2) is 0 Å². The Balaban J connectivity index is 2.59. The van der Waals surface area contributed by atoms with Gasteiger partial charge in [-0.15, -0.1) is 0 Å². The minimum atomic E-state index is 0.632. The molecular weight excluding hydrogens is 196 g/mol. The molecule has 1 heterocycles. The smallest absolute Gasteiger partial charge is 0.0681 e. The Morgan fingerprint density at radius 2 is 2.06 bits per heavy atom. The highest BCUT2D eigenvalue weighted by molar-refractivity contribution is 5.82. The van der Waals surface area contributed by atoms with Crippen molar-refractivity contribution in [1.82, 2.24) is 9.78 Å². The van der Waals surface area contributed by atoms with Crippen molar-refractivity contribution in [2.24, 2.45) is 13.0 Å². The largest absolute Gasteiger partial charge is 0.268 e. The van der Waals surface area contributed by atoms with E-state index in [0.717, 1.165) is 0 Å². The number of benzene rings is 1. The molecule has 0 bridgehead atoms. The van der Waals surface area contributed by atoms with E-state index in [-0.39, 0.29) is 0 Å². The fraction of sp³-hybridized carbons (Fsp3) is 0.500. The number of aryl methyl sites for hydroxylation is 1. The molecule has 16 heavy (non-hydrogen) atoms. The number of hydrogen-bond acceptors (Lipinski definition) is 1. The third-order valence-electron chi connectivity index (χ3n) is 3.47. The molecule has 0 saturated heterocycles. The molecule has 0 fully saturated rings. The molecule has 2 heteroatoms. The molecule has 0 aliphatic heterocycles. The van der Waals surface area contributed by atoms with Crippen LogP contribution in [-0.2, 0) is 7.05 Å². The SMILES string of the molecule is CCC(c1cccc2c1cnn2C)C(C)C. The summed E-state index contributed by atoms with van der Waals surface area (Å²) in [6.07, 6.45) is 3.18. The molecule has 1 unspecified atom stereocenters.